The smallest absolute Gasteiger partial charge is 0.691 e. The Morgan fingerprint density at radius 1 is 1.11 bits per heavy atom. The first-order chi connectivity index (χ1) is 16.9. The van der Waals surface area contributed by atoms with Gasteiger partial charge in [0.25, 0.3) is 11.8 Å². The minimum absolute atomic E-state index is 0. The van der Waals surface area contributed by atoms with Crippen LogP contribution in [0.2, 0.25) is 0 Å². The predicted octanol–water partition coefficient (Wildman–Crippen LogP) is -3.15. The van der Waals surface area contributed by atoms with Crippen LogP contribution in [0.1, 0.15) is 57.8 Å². The molecule has 0 radical (unpaired) electrons. The van der Waals surface area contributed by atoms with Crippen LogP contribution in [0.3, 0.4) is 0 Å². The van der Waals surface area contributed by atoms with Gasteiger partial charge in [0.1, 0.15) is 5.25 Å². The Kier molecular flexibility index (Phi) is 13.9. The molecule has 3 aliphatic heterocycles. The molecule has 0 aliphatic carbocycles. The van der Waals surface area contributed by atoms with Gasteiger partial charge >= 0.3 is 41.6 Å². The summed E-state index contributed by atoms with van der Waals surface area (Å²) in [6.07, 6.45) is 4.69. The van der Waals surface area contributed by atoms with Gasteiger partial charge in [-0.2, -0.15) is 16.1 Å². The molecule has 0 aromatic carbocycles. The number of thioether (sulfide) groups is 1. The first-order valence-electron chi connectivity index (χ1n) is 11.5. The van der Waals surface area contributed by atoms with Crippen molar-refractivity contribution in [3.63, 3.8) is 0 Å². The van der Waals surface area contributed by atoms with E-state index in [0.29, 0.717) is 54.6 Å². The Morgan fingerprint density at radius 3 is 2.67 bits per heavy atom. The molecular formula is C20H29N4NaO9S2. The van der Waals surface area contributed by atoms with Gasteiger partial charge in [0, 0.05) is 42.4 Å². The number of unbranched alkanes of at least 4 members (excludes halogenated alkanes) is 3. The van der Waals surface area contributed by atoms with Gasteiger partial charge in [0.15, 0.2) is 0 Å². The van der Waals surface area contributed by atoms with Crippen LogP contribution in [-0.2, 0) is 33.4 Å². The number of urea groups is 1. The molecule has 0 saturated carbocycles. The first kappa shape index (κ1) is 31.1. The van der Waals surface area contributed by atoms with Crippen LogP contribution in [0, 0.1) is 0 Å². The summed E-state index contributed by atoms with van der Waals surface area (Å²) in [4.78, 5) is 63.8. The molecule has 36 heavy (non-hydrogen) atoms. The Labute approximate surface area is 239 Å². The van der Waals surface area contributed by atoms with Crippen molar-refractivity contribution >= 4 is 53.5 Å². The zero-order chi connectivity index (χ0) is 25.2. The summed E-state index contributed by atoms with van der Waals surface area (Å²) < 4.78 is 4.05. The summed E-state index contributed by atoms with van der Waals surface area (Å²) in [5.74, 6) is -1.30. The van der Waals surface area contributed by atoms with Crippen molar-refractivity contribution in [2.24, 2.45) is 0 Å². The van der Waals surface area contributed by atoms with Gasteiger partial charge in [0.2, 0.25) is 5.91 Å². The standard InChI is InChI=1S/C20H30N4O9S2.Na/c25-15(7-4-3-6-13-18-12(11-34-13)22-20(29)23-18)21-9-5-1-2-8-17(27)31-24-16(26)10-14(19(24)28)35-33-32-30;/h12-14,18,30H,1-11H2,(H,21,25)(H2,22,23,29);/q;+1/p-1/t12-,13?,14?,18-;/m0./s1. The summed E-state index contributed by atoms with van der Waals surface area (Å²) in [7, 11) is 0. The summed E-state index contributed by atoms with van der Waals surface area (Å²) in [5.41, 5.74) is 0. The molecule has 0 aromatic rings. The van der Waals surface area contributed by atoms with Crippen molar-refractivity contribution < 1.29 is 73.0 Å². The van der Waals surface area contributed by atoms with E-state index in [-0.39, 0.29) is 66.4 Å². The molecule has 3 fully saturated rings. The monoisotopic (exact) mass is 556 g/mol. The van der Waals surface area contributed by atoms with E-state index in [1.807, 2.05) is 11.8 Å². The first-order valence-corrected chi connectivity index (χ1v) is 13.4. The fourth-order valence-electron chi connectivity index (χ4n) is 4.13. The molecule has 0 bridgehead atoms. The minimum Gasteiger partial charge on any atom is -0.691 e. The molecule has 16 heteroatoms. The van der Waals surface area contributed by atoms with E-state index < -0.39 is 23.0 Å². The van der Waals surface area contributed by atoms with Crippen LogP contribution in [0.25, 0.3) is 0 Å². The average molecular weight is 557 g/mol. The molecule has 2 unspecified atom stereocenters. The zero-order valence-electron chi connectivity index (χ0n) is 20.0. The fraction of sp³-hybridized carbons (Fsp3) is 0.750. The topological polar surface area (TPSA) is 175 Å². The molecule has 3 heterocycles. The molecule has 5 amide bonds. The van der Waals surface area contributed by atoms with E-state index in [9.17, 15) is 29.2 Å². The Morgan fingerprint density at radius 2 is 1.89 bits per heavy atom. The molecule has 4 atom stereocenters. The number of hydrogen-bond donors (Lipinski definition) is 3. The van der Waals surface area contributed by atoms with Gasteiger partial charge in [-0.15, -0.1) is 5.06 Å². The number of nitrogens with one attached hydrogen (secondary N) is 3. The number of amides is 5. The summed E-state index contributed by atoms with van der Waals surface area (Å²) in [6.45, 7) is 0.498. The van der Waals surface area contributed by atoms with Crippen molar-refractivity contribution in [3.8, 4) is 0 Å². The Hall–Kier alpha value is -1.07. The van der Waals surface area contributed by atoms with Gasteiger partial charge in [-0.25, -0.2) is 9.59 Å². The predicted molar refractivity (Wildman–Crippen MR) is 122 cm³/mol. The molecule has 3 saturated heterocycles. The van der Waals surface area contributed by atoms with Gasteiger partial charge in [0.05, 0.1) is 18.5 Å². The number of hydroxylamine groups is 2. The van der Waals surface area contributed by atoms with Crippen molar-refractivity contribution in [2.75, 3.05) is 12.3 Å². The van der Waals surface area contributed by atoms with Gasteiger partial charge in [-0.1, -0.05) is 12.8 Å². The second-order valence-corrected chi connectivity index (χ2v) is 10.6. The largest absolute Gasteiger partial charge is 1.00 e. The molecule has 0 aromatic heterocycles. The Bertz CT molecular complexity index is 809. The van der Waals surface area contributed by atoms with Crippen molar-refractivity contribution in [2.45, 2.75) is 80.4 Å². The molecular weight excluding hydrogens is 527 g/mol. The van der Waals surface area contributed by atoms with Crippen LogP contribution >= 0.6 is 23.8 Å². The quantitative estimate of drug-likeness (QED) is 0.0353. The summed E-state index contributed by atoms with van der Waals surface area (Å²) in [6, 6.07) is 0.307. The van der Waals surface area contributed by atoms with E-state index in [0.717, 1.165) is 25.0 Å². The number of carbonyl (C=O) groups is 5. The van der Waals surface area contributed by atoms with Crippen LogP contribution in [0.5, 0.6) is 0 Å². The molecule has 3 rings (SSSR count). The van der Waals surface area contributed by atoms with E-state index in [4.69, 9.17) is 4.84 Å². The van der Waals surface area contributed by atoms with Gasteiger partial charge < -0.3 is 26.0 Å². The Balaban J connectivity index is 0.00000456. The third-order valence-electron chi connectivity index (χ3n) is 5.90. The molecule has 13 nitrogen and oxygen atoms in total. The third-order valence-corrected chi connectivity index (χ3v) is 8.14. The van der Waals surface area contributed by atoms with Crippen LogP contribution < -0.4 is 50.8 Å². The molecule has 196 valence electrons. The summed E-state index contributed by atoms with van der Waals surface area (Å²) >= 11 is 2.24. The zero-order valence-corrected chi connectivity index (χ0v) is 23.7. The van der Waals surface area contributed by atoms with Gasteiger partial charge in [-0.05, 0) is 25.7 Å². The van der Waals surface area contributed by atoms with E-state index in [1.165, 1.54) is 0 Å². The maximum absolute atomic E-state index is 12.0. The third kappa shape index (κ3) is 9.35. The average Bonchev–Trinajstić information content (AvgIpc) is 3.46. The normalized spacial score (nSPS) is 24.7. The fourth-order valence-corrected chi connectivity index (χ4v) is 6.19. The number of hydrogen-bond acceptors (Lipinski definition) is 11. The van der Waals surface area contributed by atoms with E-state index in [2.05, 4.69) is 25.3 Å². The van der Waals surface area contributed by atoms with E-state index in [1.54, 1.807) is 0 Å². The minimum atomic E-state index is -1.01. The number of nitrogens with zero attached hydrogens (tertiary/aromatic N) is 1. The second kappa shape index (κ2) is 16.0. The van der Waals surface area contributed by atoms with Crippen LogP contribution in [0.15, 0.2) is 0 Å². The van der Waals surface area contributed by atoms with E-state index >= 15 is 0 Å². The molecule has 0 spiro atoms. The number of imide groups is 1. The number of rotatable bonds is 15. The van der Waals surface area contributed by atoms with Crippen molar-refractivity contribution in [1.29, 1.82) is 0 Å². The van der Waals surface area contributed by atoms with Crippen molar-refractivity contribution in [3.05, 3.63) is 0 Å². The van der Waals surface area contributed by atoms with Crippen molar-refractivity contribution in [1.82, 2.24) is 21.0 Å². The maximum atomic E-state index is 12.0. The van der Waals surface area contributed by atoms with Crippen LogP contribution in [-0.4, -0.2) is 69.7 Å². The molecule has 3 N–H and O–H groups in total. The summed E-state index contributed by atoms with van der Waals surface area (Å²) in [5, 5.41) is 21.5. The van der Waals surface area contributed by atoms with Crippen LogP contribution in [0.4, 0.5) is 4.79 Å². The number of fused-ring (bicyclic) bond motifs is 1. The second-order valence-electron chi connectivity index (χ2n) is 8.44. The molecule has 3 aliphatic rings. The number of carbonyl (C=O) groups excluding carboxylic acids is 5. The maximum Gasteiger partial charge on any atom is 1.00 e. The van der Waals surface area contributed by atoms with Gasteiger partial charge in [-0.3, -0.25) is 19.4 Å². The SMILES string of the molecule is O=C(CCCCC1SC[C@@H]2NC(=O)N[C@H]12)NCCCCCC(=O)ON1C(=O)CC(SOO[O-])C1=O.[Na+].